The van der Waals surface area contributed by atoms with Crippen molar-refractivity contribution in [3.63, 3.8) is 0 Å². The molecule has 0 atom stereocenters. The number of carbonyl (C=O) groups excluding carboxylic acids is 1. The van der Waals surface area contributed by atoms with E-state index in [-0.39, 0.29) is 11.2 Å². The van der Waals surface area contributed by atoms with Crippen LogP contribution in [0.4, 0.5) is 5.69 Å². The first-order valence-corrected chi connectivity index (χ1v) is 5.85. The average molecular weight is 231 g/mol. The van der Waals surface area contributed by atoms with Crippen molar-refractivity contribution in [2.75, 3.05) is 5.32 Å². The lowest BCUT2D eigenvalue weighted by Gasteiger charge is -2.13. The molecule has 0 bridgehead atoms. The number of hydrogen-bond acceptors (Lipinski definition) is 2. The normalized spacial score (nSPS) is 11.8. The Balaban J connectivity index is 2.68. The van der Waals surface area contributed by atoms with E-state index in [1.807, 2.05) is 26.8 Å². The maximum absolute atomic E-state index is 11.7. The Bertz CT molecular complexity index is 439. The Morgan fingerprint density at radius 3 is 2.41 bits per heavy atom. The number of carbonyl (C=O) groups is 1. The summed E-state index contributed by atoms with van der Waals surface area (Å²) < 4.78 is 0. The number of rotatable bonds is 3. The lowest BCUT2D eigenvalue weighted by atomic mass is 9.91. The van der Waals surface area contributed by atoms with Gasteiger partial charge in [0.15, 0.2) is 5.78 Å². The molecule has 0 aromatic heterocycles. The Morgan fingerprint density at radius 2 is 1.88 bits per heavy atom. The molecule has 1 aromatic carbocycles. The minimum atomic E-state index is -0.319. The molecule has 0 aliphatic heterocycles. The van der Waals surface area contributed by atoms with E-state index in [0.29, 0.717) is 0 Å². The maximum atomic E-state index is 11.7. The van der Waals surface area contributed by atoms with Gasteiger partial charge in [-0.3, -0.25) is 4.79 Å². The minimum Gasteiger partial charge on any atom is -0.361 e. The summed E-state index contributed by atoms with van der Waals surface area (Å²) in [4.78, 5) is 11.7. The lowest BCUT2D eigenvalue weighted by molar-refractivity contribution is -0.121. The number of allylic oxidation sites excluding steroid dienone is 1. The molecule has 0 aliphatic carbocycles. The molecule has 0 saturated heterocycles. The third kappa shape index (κ3) is 4.06. The van der Waals surface area contributed by atoms with Crippen LogP contribution in [0.15, 0.2) is 30.5 Å². The van der Waals surface area contributed by atoms with Gasteiger partial charge < -0.3 is 5.32 Å². The lowest BCUT2D eigenvalue weighted by Crippen LogP contribution is -2.17. The molecule has 0 aliphatic rings. The highest BCUT2D eigenvalue weighted by Gasteiger charge is 2.17. The quantitative estimate of drug-likeness (QED) is 0.801. The van der Waals surface area contributed by atoms with Crippen LogP contribution in [0.25, 0.3) is 0 Å². The van der Waals surface area contributed by atoms with Gasteiger partial charge in [0.1, 0.15) is 0 Å². The van der Waals surface area contributed by atoms with Gasteiger partial charge in [-0.05, 0) is 31.6 Å². The number of ketones is 1. The van der Waals surface area contributed by atoms with Gasteiger partial charge in [0.2, 0.25) is 0 Å². The first kappa shape index (κ1) is 13.5. The van der Waals surface area contributed by atoms with Crippen molar-refractivity contribution in [3.8, 4) is 0 Å². The van der Waals surface area contributed by atoms with E-state index in [1.165, 1.54) is 11.1 Å². The Kier molecular flexibility index (Phi) is 4.11. The van der Waals surface area contributed by atoms with E-state index in [4.69, 9.17) is 0 Å². The van der Waals surface area contributed by atoms with E-state index in [0.717, 1.165) is 5.69 Å². The van der Waals surface area contributed by atoms with Crippen molar-refractivity contribution in [2.24, 2.45) is 5.41 Å². The van der Waals surface area contributed by atoms with E-state index in [9.17, 15) is 4.79 Å². The Hall–Kier alpha value is -1.57. The topological polar surface area (TPSA) is 29.1 Å². The predicted molar refractivity (Wildman–Crippen MR) is 73.1 cm³/mol. The molecule has 1 rings (SSSR count). The van der Waals surface area contributed by atoms with Crippen molar-refractivity contribution < 1.29 is 4.79 Å². The molecule has 2 nitrogen and oxygen atoms in total. The number of benzene rings is 1. The summed E-state index contributed by atoms with van der Waals surface area (Å²) in [5.41, 5.74) is 3.13. The summed E-state index contributed by atoms with van der Waals surface area (Å²) in [5, 5.41) is 3.14. The van der Waals surface area contributed by atoms with Crippen LogP contribution >= 0.6 is 0 Å². The van der Waals surface area contributed by atoms with Crippen molar-refractivity contribution in [3.05, 3.63) is 41.6 Å². The predicted octanol–water partition coefficient (Wildman–Crippen LogP) is 3.84. The second kappa shape index (κ2) is 5.17. The minimum absolute atomic E-state index is 0.120. The third-order valence-electron chi connectivity index (χ3n) is 2.59. The van der Waals surface area contributed by atoms with Gasteiger partial charge in [-0.1, -0.05) is 38.5 Å². The third-order valence-corrected chi connectivity index (χ3v) is 2.59. The summed E-state index contributed by atoms with van der Waals surface area (Å²) >= 11 is 0. The highest BCUT2D eigenvalue weighted by atomic mass is 16.1. The first-order valence-electron chi connectivity index (χ1n) is 5.85. The second-order valence-corrected chi connectivity index (χ2v) is 5.41. The average Bonchev–Trinajstić information content (AvgIpc) is 2.19. The van der Waals surface area contributed by atoms with Gasteiger partial charge in [-0.25, -0.2) is 0 Å². The summed E-state index contributed by atoms with van der Waals surface area (Å²) in [6, 6.07) is 6.19. The van der Waals surface area contributed by atoms with Gasteiger partial charge in [0.25, 0.3) is 0 Å². The standard InChI is InChI=1S/C15H21NO/c1-11-6-7-13(12(2)10-11)16-9-8-14(17)15(3,4)5/h6-10,16H,1-5H3/b9-8+. The van der Waals surface area contributed by atoms with Crippen LogP contribution in [0, 0.1) is 19.3 Å². The monoisotopic (exact) mass is 231 g/mol. The van der Waals surface area contributed by atoms with E-state index in [2.05, 4.69) is 31.3 Å². The van der Waals surface area contributed by atoms with E-state index < -0.39 is 0 Å². The van der Waals surface area contributed by atoms with Crippen LogP contribution in [-0.2, 0) is 4.79 Å². The SMILES string of the molecule is Cc1ccc(N/C=C/C(=O)C(C)(C)C)c(C)c1. The number of nitrogens with one attached hydrogen (secondary N) is 1. The molecular formula is C15H21NO. The van der Waals surface area contributed by atoms with Crippen LogP contribution in [0.2, 0.25) is 0 Å². The second-order valence-electron chi connectivity index (χ2n) is 5.41. The fourth-order valence-electron chi connectivity index (χ4n) is 1.43. The van der Waals surface area contributed by atoms with Gasteiger partial charge in [-0.2, -0.15) is 0 Å². The van der Waals surface area contributed by atoms with Crippen LogP contribution in [0.3, 0.4) is 0 Å². The molecule has 0 saturated carbocycles. The van der Waals surface area contributed by atoms with Crippen LogP contribution in [0.5, 0.6) is 0 Å². The highest BCUT2D eigenvalue weighted by Crippen LogP contribution is 2.17. The van der Waals surface area contributed by atoms with Gasteiger partial charge >= 0.3 is 0 Å². The summed E-state index contributed by atoms with van der Waals surface area (Å²) in [7, 11) is 0. The highest BCUT2D eigenvalue weighted by molar-refractivity contribution is 5.94. The molecule has 0 heterocycles. The van der Waals surface area contributed by atoms with Crippen LogP contribution < -0.4 is 5.32 Å². The smallest absolute Gasteiger partial charge is 0.162 e. The van der Waals surface area contributed by atoms with Crippen molar-refractivity contribution in [2.45, 2.75) is 34.6 Å². The van der Waals surface area contributed by atoms with Gasteiger partial charge in [0, 0.05) is 17.3 Å². The summed E-state index contributed by atoms with van der Waals surface area (Å²) in [6.45, 7) is 9.86. The first-order chi connectivity index (χ1) is 7.80. The van der Waals surface area contributed by atoms with Crippen molar-refractivity contribution in [1.29, 1.82) is 0 Å². The van der Waals surface area contributed by atoms with Gasteiger partial charge in [-0.15, -0.1) is 0 Å². The Morgan fingerprint density at radius 1 is 1.24 bits per heavy atom. The fraction of sp³-hybridized carbons (Fsp3) is 0.400. The molecular weight excluding hydrogens is 210 g/mol. The Labute approximate surface area is 104 Å². The molecule has 0 amide bonds. The molecule has 1 N–H and O–H groups in total. The van der Waals surface area contributed by atoms with Crippen LogP contribution in [0.1, 0.15) is 31.9 Å². The van der Waals surface area contributed by atoms with Crippen molar-refractivity contribution >= 4 is 11.5 Å². The largest absolute Gasteiger partial charge is 0.361 e. The molecule has 92 valence electrons. The van der Waals surface area contributed by atoms with Crippen LogP contribution in [-0.4, -0.2) is 5.78 Å². The maximum Gasteiger partial charge on any atom is 0.162 e. The molecule has 1 aromatic rings. The number of hydrogen-bond donors (Lipinski definition) is 1. The molecule has 2 heteroatoms. The summed E-state index contributed by atoms with van der Waals surface area (Å²) in [5.74, 6) is 0.120. The molecule has 0 radical (unpaired) electrons. The van der Waals surface area contributed by atoms with E-state index in [1.54, 1.807) is 12.3 Å². The zero-order valence-corrected chi connectivity index (χ0v) is 11.3. The molecule has 0 fully saturated rings. The van der Waals surface area contributed by atoms with E-state index >= 15 is 0 Å². The van der Waals surface area contributed by atoms with Crippen molar-refractivity contribution in [1.82, 2.24) is 0 Å². The molecule has 0 unspecified atom stereocenters. The fourth-order valence-corrected chi connectivity index (χ4v) is 1.43. The molecule has 17 heavy (non-hydrogen) atoms. The summed E-state index contributed by atoms with van der Waals surface area (Å²) in [6.07, 6.45) is 3.31. The zero-order valence-electron chi connectivity index (χ0n) is 11.3. The zero-order chi connectivity index (χ0) is 13.1. The number of anilines is 1. The molecule has 0 spiro atoms. The van der Waals surface area contributed by atoms with Gasteiger partial charge in [0.05, 0.1) is 0 Å². The number of aryl methyl sites for hydroxylation is 2.